The van der Waals surface area contributed by atoms with E-state index in [-0.39, 0.29) is 42.3 Å². The van der Waals surface area contributed by atoms with Crippen LogP contribution in [0.4, 0.5) is 10.2 Å². The van der Waals surface area contributed by atoms with Gasteiger partial charge in [0.25, 0.3) is 5.91 Å². The highest BCUT2D eigenvalue weighted by molar-refractivity contribution is 5.99. The first-order valence-electron chi connectivity index (χ1n) is 11.2. The van der Waals surface area contributed by atoms with Crippen molar-refractivity contribution in [2.24, 2.45) is 5.92 Å². The number of halogens is 1. The van der Waals surface area contributed by atoms with Crippen molar-refractivity contribution >= 4 is 23.6 Å². The van der Waals surface area contributed by atoms with Gasteiger partial charge in [0, 0.05) is 18.3 Å². The van der Waals surface area contributed by atoms with Crippen LogP contribution in [0.25, 0.3) is 0 Å². The van der Waals surface area contributed by atoms with Gasteiger partial charge in [-0.05, 0) is 42.7 Å². The number of benzene rings is 1. The summed E-state index contributed by atoms with van der Waals surface area (Å²) in [5.74, 6) is -1.46. The molecule has 0 bridgehead atoms. The Labute approximate surface area is 196 Å². The van der Waals surface area contributed by atoms with E-state index in [9.17, 15) is 18.8 Å². The number of carbonyl (C=O) groups excluding carboxylic acids is 2. The van der Waals surface area contributed by atoms with Crippen molar-refractivity contribution in [3.05, 3.63) is 53.7 Å². The SMILES string of the molecule is CC(C)C[C@@H](C(=O)Nc1ccn(CC(=O)O)n1)N1CC(Oc2cccc(C3CC3)c2F)=CC1=O. The number of rotatable bonds is 10. The molecule has 0 radical (unpaired) electrons. The Balaban J connectivity index is 1.45. The van der Waals surface area contributed by atoms with Crippen LogP contribution < -0.4 is 10.1 Å². The Bertz CT molecular complexity index is 1140. The normalized spacial score (nSPS) is 16.5. The van der Waals surface area contributed by atoms with Gasteiger partial charge in [-0.2, -0.15) is 5.10 Å². The number of amides is 2. The maximum atomic E-state index is 14.8. The monoisotopic (exact) mass is 470 g/mol. The average Bonchev–Trinajstić information content (AvgIpc) is 3.41. The van der Waals surface area contributed by atoms with E-state index in [2.05, 4.69) is 10.4 Å². The van der Waals surface area contributed by atoms with Crippen LogP contribution >= 0.6 is 0 Å². The van der Waals surface area contributed by atoms with Crippen molar-refractivity contribution in [2.45, 2.75) is 51.6 Å². The van der Waals surface area contributed by atoms with E-state index in [0.29, 0.717) is 12.0 Å². The lowest BCUT2D eigenvalue weighted by atomic mass is 10.0. The number of aliphatic carboxylic acids is 1. The number of nitrogens with one attached hydrogen (secondary N) is 1. The van der Waals surface area contributed by atoms with Crippen LogP contribution in [0.2, 0.25) is 0 Å². The third-order valence-electron chi connectivity index (χ3n) is 5.71. The lowest BCUT2D eigenvalue weighted by Gasteiger charge is -2.28. The van der Waals surface area contributed by atoms with Crippen LogP contribution in [0.15, 0.2) is 42.3 Å². The summed E-state index contributed by atoms with van der Waals surface area (Å²) in [6.07, 6.45) is 5.03. The lowest BCUT2D eigenvalue weighted by molar-refractivity contribution is -0.137. The second-order valence-corrected chi connectivity index (χ2v) is 9.04. The molecule has 1 aliphatic heterocycles. The zero-order valence-corrected chi connectivity index (χ0v) is 19.0. The first-order valence-corrected chi connectivity index (χ1v) is 11.2. The summed E-state index contributed by atoms with van der Waals surface area (Å²) in [5.41, 5.74) is 0.624. The van der Waals surface area contributed by atoms with Crippen LogP contribution in [0, 0.1) is 11.7 Å². The molecule has 34 heavy (non-hydrogen) atoms. The third kappa shape index (κ3) is 5.44. The molecule has 2 aliphatic rings. The van der Waals surface area contributed by atoms with Gasteiger partial charge in [-0.1, -0.05) is 26.0 Å². The van der Waals surface area contributed by atoms with Crippen LogP contribution in [0.5, 0.6) is 5.75 Å². The highest BCUT2D eigenvalue weighted by Gasteiger charge is 2.35. The van der Waals surface area contributed by atoms with E-state index >= 15 is 0 Å². The van der Waals surface area contributed by atoms with Crippen LogP contribution in [-0.4, -0.2) is 50.2 Å². The number of nitrogens with zero attached hydrogens (tertiary/aromatic N) is 3. The van der Waals surface area contributed by atoms with Gasteiger partial charge in [-0.25, -0.2) is 4.39 Å². The molecular formula is C24H27FN4O5. The summed E-state index contributed by atoms with van der Waals surface area (Å²) < 4.78 is 21.8. The number of aromatic nitrogens is 2. The highest BCUT2D eigenvalue weighted by atomic mass is 19.1. The molecule has 1 saturated carbocycles. The molecule has 1 aromatic heterocycles. The number of hydrogen-bond donors (Lipinski definition) is 2. The number of ether oxygens (including phenoxy) is 1. The van der Waals surface area contributed by atoms with Crippen LogP contribution in [-0.2, 0) is 20.9 Å². The first kappa shape index (κ1) is 23.5. The van der Waals surface area contributed by atoms with Gasteiger partial charge in [0.15, 0.2) is 17.4 Å². The van der Waals surface area contributed by atoms with Crippen LogP contribution in [0.3, 0.4) is 0 Å². The molecule has 2 heterocycles. The lowest BCUT2D eigenvalue weighted by Crippen LogP contribution is -2.46. The Hall–Kier alpha value is -3.69. The second kappa shape index (κ2) is 9.66. The summed E-state index contributed by atoms with van der Waals surface area (Å²) >= 11 is 0. The van der Waals surface area contributed by atoms with Gasteiger partial charge in [-0.3, -0.25) is 19.1 Å². The maximum Gasteiger partial charge on any atom is 0.325 e. The zero-order chi connectivity index (χ0) is 24.4. The van der Waals surface area contributed by atoms with E-state index in [1.165, 1.54) is 34.0 Å². The summed E-state index contributed by atoms with van der Waals surface area (Å²) in [5, 5.41) is 15.6. The van der Waals surface area contributed by atoms with E-state index in [1.54, 1.807) is 12.1 Å². The largest absolute Gasteiger partial charge is 0.480 e. The Morgan fingerprint density at radius 1 is 1.29 bits per heavy atom. The predicted molar refractivity (Wildman–Crippen MR) is 121 cm³/mol. The van der Waals surface area contributed by atoms with Gasteiger partial charge in [0.2, 0.25) is 5.91 Å². The fourth-order valence-electron chi connectivity index (χ4n) is 3.98. The summed E-state index contributed by atoms with van der Waals surface area (Å²) in [4.78, 5) is 38.1. The van der Waals surface area contributed by atoms with Gasteiger partial charge in [0.1, 0.15) is 18.3 Å². The molecule has 1 atom stereocenters. The molecule has 9 nitrogen and oxygen atoms in total. The zero-order valence-electron chi connectivity index (χ0n) is 19.0. The molecule has 1 aliphatic carbocycles. The molecule has 0 unspecified atom stereocenters. The van der Waals surface area contributed by atoms with E-state index < -0.39 is 29.6 Å². The quantitative estimate of drug-likeness (QED) is 0.552. The highest BCUT2D eigenvalue weighted by Crippen LogP contribution is 2.43. The maximum absolute atomic E-state index is 14.8. The van der Waals surface area contributed by atoms with Crippen molar-refractivity contribution in [2.75, 3.05) is 11.9 Å². The minimum absolute atomic E-state index is 0.0319. The Morgan fingerprint density at radius 2 is 2.06 bits per heavy atom. The van der Waals surface area contributed by atoms with E-state index in [1.807, 2.05) is 13.8 Å². The number of carboxylic acid groups (broad SMARTS) is 1. The molecule has 1 fully saturated rings. The van der Waals surface area contributed by atoms with Crippen molar-refractivity contribution in [3.63, 3.8) is 0 Å². The molecule has 1 aromatic carbocycles. The van der Waals surface area contributed by atoms with Gasteiger partial charge in [-0.15, -0.1) is 0 Å². The minimum Gasteiger partial charge on any atom is -0.480 e. The molecule has 0 spiro atoms. The second-order valence-electron chi connectivity index (χ2n) is 9.04. The van der Waals surface area contributed by atoms with Crippen LogP contribution in [0.1, 0.15) is 44.6 Å². The Kier molecular flexibility index (Phi) is 6.67. The molecule has 2 N–H and O–H groups in total. The first-order chi connectivity index (χ1) is 16.2. The van der Waals surface area contributed by atoms with E-state index in [4.69, 9.17) is 9.84 Å². The molecule has 180 valence electrons. The average molecular weight is 471 g/mol. The molecule has 0 saturated heterocycles. The number of carboxylic acids is 1. The van der Waals surface area contributed by atoms with Crippen molar-refractivity contribution in [3.8, 4) is 5.75 Å². The van der Waals surface area contributed by atoms with Crippen molar-refractivity contribution in [1.29, 1.82) is 0 Å². The summed E-state index contributed by atoms with van der Waals surface area (Å²) in [6.45, 7) is 3.57. The minimum atomic E-state index is -1.06. The number of hydrogen-bond acceptors (Lipinski definition) is 5. The smallest absolute Gasteiger partial charge is 0.325 e. The summed E-state index contributed by atoms with van der Waals surface area (Å²) in [6, 6.07) is 5.69. The Morgan fingerprint density at radius 3 is 2.74 bits per heavy atom. The standard InChI is InChI=1S/C24H27FN4O5/c1-14(2)10-18(24(33)26-20-8-9-28(27-20)13-22(31)32)29-12-16(11-21(29)30)34-19-5-3-4-17(23(19)25)15-6-7-15/h3-5,8-9,11,14-15,18H,6-7,10,12-13H2,1-2H3,(H,31,32)(H,26,27,33)/t18-/m0/s1. The fourth-order valence-corrected chi connectivity index (χ4v) is 3.98. The van der Waals surface area contributed by atoms with E-state index in [0.717, 1.165) is 12.8 Å². The topological polar surface area (TPSA) is 114 Å². The number of anilines is 1. The molecule has 2 aromatic rings. The molecule has 10 heteroatoms. The van der Waals surface area contributed by atoms with Crippen molar-refractivity contribution < 1.29 is 28.6 Å². The van der Waals surface area contributed by atoms with Gasteiger partial charge < -0.3 is 20.1 Å². The fraction of sp³-hybridized carbons (Fsp3) is 0.417. The summed E-state index contributed by atoms with van der Waals surface area (Å²) in [7, 11) is 0. The van der Waals surface area contributed by atoms with Crippen molar-refractivity contribution in [1.82, 2.24) is 14.7 Å². The molecular weight excluding hydrogens is 443 g/mol. The third-order valence-corrected chi connectivity index (χ3v) is 5.71. The number of carbonyl (C=O) groups is 3. The van der Waals surface area contributed by atoms with Gasteiger partial charge >= 0.3 is 5.97 Å². The molecule has 2 amide bonds. The predicted octanol–water partition coefficient (Wildman–Crippen LogP) is 3.14. The van der Waals surface area contributed by atoms with Gasteiger partial charge in [0.05, 0.1) is 6.54 Å². The molecule has 4 rings (SSSR count).